The summed E-state index contributed by atoms with van der Waals surface area (Å²) in [5, 5.41) is 131. The number of hydrogen-bond acceptors (Lipinski definition) is 13. The number of phenols is 10. The lowest BCUT2D eigenvalue weighted by atomic mass is 9.48. The summed E-state index contributed by atoms with van der Waals surface area (Å²) in [6, 6.07) is 0. The van der Waals surface area contributed by atoms with Gasteiger partial charge in [0, 0.05) is 75.4 Å². The third kappa shape index (κ3) is 5.65. The maximum absolute atomic E-state index is 13.2. The third-order valence-electron chi connectivity index (χ3n) is 20.2. The second-order valence-electron chi connectivity index (χ2n) is 23.4. The molecule has 0 amide bonds. The molecule has 78 heavy (non-hydrogen) atoms. The molecule has 3 unspecified atom stereocenters. The van der Waals surface area contributed by atoms with Crippen molar-refractivity contribution in [3.63, 3.8) is 0 Å². The summed E-state index contributed by atoms with van der Waals surface area (Å²) in [5.41, 5.74) is 21.3. The maximum atomic E-state index is 13.2. The van der Waals surface area contributed by atoms with Gasteiger partial charge in [0.25, 0.3) is 0 Å². The summed E-state index contributed by atoms with van der Waals surface area (Å²) < 4.78 is 6.69. The van der Waals surface area contributed by atoms with Crippen LogP contribution in [0.2, 0.25) is 0 Å². The van der Waals surface area contributed by atoms with Crippen LogP contribution in [0.1, 0.15) is 116 Å². The molecule has 0 spiro atoms. The topological polar surface area (TPSA) is 239 Å². The van der Waals surface area contributed by atoms with Crippen LogP contribution >= 0.6 is 0 Å². The van der Waals surface area contributed by atoms with Crippen LogP contribution in [0.5, 0.6) is 57.5 Å². The summed E-state index contributed by atoms with van der Waals surface area (Å²) in [5.74, 6) is -4.55. The minimum Gasteiger partial charge on any atom is -0.510 e. The average Bonchev–Trinajstić information content (AvgIpc) is 2.68. The number of aromatic hydroxyl groups is 10. The van der Waals surface area contributed by atoms with Crippen LogP contribution in [-0.2, 0) is 19.3 Å². The maximum Gasteiger partial charge on any atom is 0.205 e. The van der Waals surface area contributed by atoms with E-state index in [0.717, 1.165) is 94.6 Å². The number of phenolic OH excluding ortho intramolecular Hbond substituents is 10. The molecule has 13 rings (SSSR count). The molecular weight excluding hydrogens is 983 g/mol. The first-order valence-corrected chi connectivity index (χ1v) is 26.7. The van der Waals surface area contributed by atoms with Crippen molar-refractivity contribution in [3.05, 3.63) is 128 Å². The minimum atomic E-state index is -0.788. The molecule has 1 saturated heterocycles. The van der Waals surface area contributed by atoms with E-state index in [2.05, 4.69) is 25.7 Å². The molecule has 11 N–H and O–H groups in total. The molecule has 2 aliphatic heterocycles. The van der Waals surface area contributed by atoms with E-state index in [0.29, 0.717) is 86.7 Å². The van der Waals surface area contributed by atoms with Gasteiger partial charge in [-0.3, -0.25) is 0 Å². The quantitative estimate of drug-likeness (QED) is 0.0575. The predicted molar refractivity (Wildman–Crippen MR) is 309 cm³/mol. The molecule has 394 valence electrons. The summed E-state index contributed by atoms with van der Waals surface area (Å²) in [6.45, 7) is 21.6. The zero-order valence-electron chi connectivity index (χ0n) is 46.0. The summed E-state index contributed by atoms with van der Waals surface area (Å²) >= 11 is 0. The largest absolute Gasteiger partial charge is 0.510 e. The monoisotopic (exact) mass is 1040 g/mol. The number of allylic oxidation sites excluding steroid dienone is 6. The number of hydrogen-bond donors (Lipinski definition) is 11. The van der Waals surface area contributed by atoms with Crippen molar-refractivity contribution in [2.24, 2.45) is 5.92 Å². The van der Waals surface area contributed by atoms with Gasteiger partial charge in [0.1, 0.15) is 50.0 Å². The zero-order chi connectivity index (χ0) is 56.0. The Kier molecular flexibility index (Phi) is 9.99. The Morgan fingerprint density at radius 1 is 0.449 bits per heavy atom. The second kappa shape index (κ2) is 15.8. The highest BCUT2D eigenvalue weighted by atomic mass is 16.4. The Bertz CT molecular complexity index is 4250. The van der Waals surface area contributed by atoms with Crippen molar-refractivity contribution in [2.45, 2.75) is 114 Å². The van der Waals surface area contributed by atoms with Crippen LogP contribution in [0, 0.1) is 68.2 Å². The van der Waals surface area contributed by atoms with Crippen molar-refractivity contribution in [2.75, 3.05) is 4.90 Å². The lowest BCUT2D eigenvalue weighted by Gasteiger charge is -2.50. The van der Waals surface area contributed by atoms with Gasteiger partial charge in [-0.05, 0) is 171 Å². The molecule has 1 fully saturated rings. The van der Waals surface area contributed by atoms with Crippen molar-refractivity contribution < 1.29 is 60.6 Å². The fourth-order valence-electron chi connectivity index (χ4n) is 15.6. The van der Waals surface area contributed by atoms with Crippen molar-refractivity contribution in [1.29, 1.82) is 0 Å². The fourth-order valence-corrected chi connectivity index (χ4v) is 15.6. The normalized spacial score (nSPS) is 18.9. The van der Waals surface area contributed by atoms with Gasteiger partial charge < -0.3 is 65.5 Å². The van der Waals surface area contributed by atoms with Gasteiger partial charge in [0.15, 0.2) is 35.9 Å². The van der Waals surface area contributed by atoms with Crippen molar-refractivity contribution in [3.8, 4) is 79.7 Å². The Morgan fingerprint density at radius 2 is 1.08 bits per heavy atom. The molecule has 0 bridgehead atoms. The molecule has 7 aromatic rings. The Morgan fingerprint density at radius 3 is 1.77 bits per heavy atom. The predicted octanol–water partition coefficient (Wildman–Crippen LogP) is 8.71. The average molecular weight is 1040 g/mol. The molecule has 3 atom stereocenters. The van der Waals surface area contributed by atoms with Crippen LogP contribution < -0.4 is 15.8 Å². The van der Waals surface area contributed by atoms with Crippen LogP contribution in [0.3, 0.4) is 0 Å². The van der Waals surface area contributed by atoms with Gasteiger partial charge in [-0.1, -0.05) is 34.5 Å². The van der Waals surface area contributed by atoms with Crippen LogP contribution in [0.4, 0.5) is 5.69 Å². The first kappa shape index (κ1) is 49.4. The summed E-state index contributed by atoms with van der Waals surface area (Å²) in [7, 11) is 3.94. The van der Waals surface area contributed by atoms with E-state index < -0.39 is 40.4 Å². The highest BCUT2D eigenvalue weighted by Crippen LogP contribution is 2.65. The Hall–Kier alpha value is -8.13. The lowest BCUT2D eigenvalue weighted by molar-refractivity contribution is 0.363. The Labute approximate surface area is 452 Å². The molecule has 0 saturated carbocycles. The van der Waals surface area contributed by atoms with E-state index in [9.17, 15) is 56.2 Å². The van der Waals surface area contributed by atoms with Gasteiger partial charge in [0.05, 0.1) is 11.4 Å². The number of nitrogens with zero attached hydrogens (tertiary/aromatic N) is 1. The minimum absolute atomic E-state index is 0.0228. The molecule has 16 heteroatoms. The molecule has 3 heterocycles. The second-order valence-corrected chi connectivity index (χ2v) is 23.4. The van der Waals surface area contributed by atoms with Crippen LogP contribution in [0.25, 0.3) is 44.2 Å². The molecule has 13 nitrogen and oxygen atoms in total. The molecule has 1 aromatic heterocycles. The number of rotatable bonds is 2. The van der Waals surface area contributed by atoms with Crippen molar-refractivity contribution >= 4 is 61.5 Å². The Balaban J connectivity index is 1.14. The van der Waals surface area contributed by atoms with E-state index in [1.165, 1.54) is 0 Å². The zero-order valence-corrected chi connectivity index (χ0v) is 46.0. The molecule has 6 aliphatic rings. The van der Waals surface area contributed by atoms with Crippen molar-refractivity contribution in [1.82, 2.24) is 0 Å². The van der Waals surface area contributed by atoms with E-state index in [-0.39, 0.29) is 75.6 Å². The molecule has 0 radical (unpaired) electrons. The van der Waals surface area contributed by atoms with Gasteiger partial charge >= 0.3 is 0 Å². The number of aliphatic hydroxyl groups is 1. The number of aryl methyl sites for hydroxylation is 1. The molecule has 4 aliphatic carbocycles. The first-order chi connectivity index (χ1) is 36.8. The van der Waals surface area contributed by atoms with E-state index in [4.69, 9.17) is 4.42 Å². The number of furan rings is 1. The number of anilines is 1. The lowest BCUT2D eigenvalue weighted by Crippen LogP contribution is -2.44. The highest BCUT2D eigenvalue weighted by molar-refractivity contribution is 6.59. The van der Waals surface area contributed by atoms with Gasteiger partial charge in [-0.15, -0.1) is 0 Å². The van der Waals surface area contributed by atoms with Gasteiger partial charge in [0.2, 0.25) is 11.5 Å². The number of benzene rings is 6. The van der Waals surface area contributed by atoms with E-state index in [1.807, 2.05) is 56.3 Å². The standard InChI is InChI=1S/C62H60B3NO12/c1-16-17(2)35(23(8)51(68)20(16)5)38-18(3)19(4)48-33(54(38)71)12-28-21(6)36-30(47-49(28)66(48)50-34(67)15-27(22(7)46(50)65-47)42-44(63)25(10)52(69)26(11)53(42)70)13-29-37(36)24(9)61-43-39(29)40-31(55(72)58(75)57(74)45(40)64)14-32-41(43)62(78-61)60(77)59(76)56(32)73/h21,27,36,65,67-77H,12-15,63-64H2,1-11H3. The SMILES string of the molecule is Bc1c(O)c(O)c(O)c2c1-c1c3c(c(C)c4oc5c(O)c(O)c(O)c(c5c14)C2)C1C(=C2BC4=C(C)C(c5c(B)c(C)c(O)c(C)c5O)CC(O)=C4N4C2=C(Cc2c(O)c(-c5c(C)c(C)c(C)c(O)c5C)c(C)c(C)c24)C1C)C3. The number of fused-ring (bicyclic) bond motifs is 10. The third-order valence-corrected chi connectivity index (χ3v) is 20.2. The highest BCUT2D eigenvalue weighted by Gasteiger charge is 2.52. The molecule has 6 aromatic carbocycles. The summed E-state index contributed by atoms with van der Waals surface area (Å²) in [4.78, 5) is 2.19. The smallest absolute Gasteiger partial charge is 0.205 e. The van der Waals surface area contributed by atoms with Gasteiger partial charge in [-0.2, -0.15) is 0 Å². The summed E-state index contributed by atoms with van der Waals surface area (Å²) in [6.07, 6.45) is 0.665. The van der Waals surface area contributed by atoms with E-state index in [1.54, 1.807) is 14.8 Å². The van der Waals surface area contributed by atoms with Gasteiger partial charge in [-0.25, -0.2) is 0 Å². The fraction of sp³-hybridized carbons (Fsp3) is 0.290. The molecular formula is C62H60B3NO12. The van der Waals surface area contributed by atoms with E-state index >= 15 is 0 Å². The van der Waals surface area contributed by atoms with Crippen LogP contribution in [-0.4, -0.2) is 79.1 Å². The van der Waals surface area contributed by atoms with Crippen LogP contribution in [0.15, 0.2) is 49.2 Å². The number of aliphatic hydroxyl groups excluding tert-OH is 1. The first-order valence-electron chi connectivity index (χ1n) is 26.7.